The molecule has 0 saturated carbocycles. The molecule has 0 radical (unpaired) electrons. The van der Waals surface area contributed by atoms with Crippen LogP contribution < -0.4 is 0 Å². The van der Waals surface area contributed by atoms with Crippen LogP contribution in [0, 0.1) is 0 Å². The molecule has 0 aliphatic carbocycles. The third-order valence-corrected chi connectivity index (χ3v) is 7.19. The fourth-order valence-corrected chi connectivity index (χ4v) is 5.15. The van der Waals surface area contributed by atoms with Crippen LogP contribution in [0.4, 0.5) is 0 Å². The van der Waals surface area contributed by atoms with Crippen LogP contribution in [0.5, 0.6) is 0 Å². The number of fused-ring (bicyclic) bond motifs is 2. The summed E-state index contributed by atoms with van der Waals surface area (Å²) in [5.41, 5.74) is 6.81. The van der Waals surface area contributed by atoms with Crippen molar-refractivity contribution in [1.82, 2.24) is 9.97 Å². The molecule has 0 amide bonds. The number of pyridine rings is 2. The molecule has 4 heteroatoms. The maximum atomic E-state index is 5.87. The molecule has 4 nitrogen and oxygen atoms in total. The molecule has 6 rings (SSSR count). The topological polar surface area (TPSA) is 44.2 Å². The lowest BCUT2D eigenvalue weighted by atomic mass is 10.0. The summed E-state index contributed by atoms with van der Waals surface area (Å²) in [5.74, 6) is 0. The Kier molecular flexibility index (Phi) is 8.18. The third kappa shape index (κ3) is 6.09. The molecule has 0 unspecified atom stereocenters. The molecule has 2 heterocycles. The van der Waals surface area contributed by atoms with E-state index in [9.17, 15) is 0 Å². The van der Waals surface area contributed by atoms with Gasteiger partial charge >= 0.3 is 0 Å². The normalized spacial score (nSPS) is 11.3. The maximum Gasteiger partial charge on any atom is 0.0780 e. The number of benzene rings is 4. The van der Waals surface area contributed by atoms with Crippen molar-refractivity contribution < 1.29 is 9.47 Å². The van der Waals surface area contributed by atoms with Crippen LogP contribution in [-0.2, 0) is 22.3 Å². The minimum Gasteiger partial charge on any atom is -0.379 e. The van der Waals surface area contributed by atoms with Gasteiger partial charge in [0.15, 0.2) is 0 Å². The fraction of sp³-hybridized carbons (Fsp3) is 0.167. The summed E-state index contributed by atoms with van der Waals surface area (Å²) in [5, 5.41) is 4.76. The van der Waals surface area contributed by atoms with Gasteiger partial charge in [0.25, 0.3) is 0 Å². The Labute approximate surface area is 235 Å². The molecule has 40 heavy (non-hydrogen) atoms. The molecule has 198 valence electrons. The maximum absolute atomic E-state index is 5.87. The van der Waals surface area contributed by atoms with Gasteiger partial charge in [-0.2, -0.15) is 0 Å². The quantitative estimate of drug-likeness (QED) is 0.161. The highest BCUT2D eigenvalue weighted by atomic mass is 16.5. The molecule has 6 aromatic rings. The zero-order valence-electron chi connectivity index (χ0n) is 22.5. The van der Waals surface area contributed by atoms with Crippen molar-refractivity contribution in [2.75, 3.05) is 26.4 Å². The van der Waals surface area contributed by atoms with Crippen molar-refractivity contribution in [1.29, 1.82) is 0 Å². The van der Waals surface area contributed by atoms with E-state index in [-0.39, 0.29) is 0 Å². The summed E-state index contributed by atoms with van der Waals surface area (Å²) < 4.78 is 11.7. The highest BCUT2D eigenvalue weighted by Gasteiger charge is 2.07. The Hall–Kier alpha value is -4.38. The summed E-state index contributed by atoms with van der Waals surface area (Å²) in [6.45, 7) is 2.50. The first-order valence-electron chi connectivity index (χ1n) is 13.9. The Morgan fingerprint density at radius 1 is 0.450 bits per heavy atom. The standard InChI is InChI=1S/C36H32N2O2/c1-3-13-33-29(9-1)15-19-37-35(33)31-11-5-7-27(25-31)17-21-39-23-24-40-22-18-28-8-6-12-32(26-28)36-34-14-4-2-10-30(34)16-20-38-36/h1-16,19-20,25-26H,17-18,21-24H2. The number of nitrogens with zero attached hydrogens (tertiary/aromatic N) is 2. The van der Waals surface area contributed by atoms with E-state index in [1.165, 1.54) is 32.7 Å². The monoisotopic (exact) mass is 524 g/mol. The van der Waals surface area contributed by atoms with Crippen molar-refractivity contribution in [2.45, 2.75) is 12.8 Å². The van der Waals surface area contributed by atoms with Gasteiger partial charge in [0.05, 0.1) is 37.8 Å². The highest BCUT2D eigenvalue weighted by Crippen LogP contribution is 2.28. The van der Waals surface area contributed by atoms with Gasteiger partial charge < -0.3 is 9.47 Å². The van der Waals surface area contributed by atoms with Crippen LogP contribution in [0.1, 0.15) is 11.1 Å². The van der Waals surface area contributed by atoms with Gasteiger partial charge in [-0.05, 0) is 59.0 Å². The molecular formula is C36H32N2O2. The second-order valence-electron chi connectivity index (χ2n) is 9.89. The average molecular weight is 525 g/mol. The van der Waals surface area contributed by atoms with Gasteiger partial charge in [0.2, 0.25) is 0 Å². The number of rotatable bonds is 11. The molecule has 0 saturated heterocycles. The van der Waals surface area contributed by atoms with Crippen LogP contribution >= 0.6 is 0 Å². The molecular weight excluding hydrogens is 492 g/mol. The van der Waals surface area contributed by atoms with E-state index in [2.05, 4.69) is 119 Å². The van der Waals surface area contributed by atoms with Crippen LogP contribution in [0.15, 0.2) is 122 Å². The first-order chi connectivity index (χ1) is 19.8. The van der Waals surface area contributed by atoms with E-state index in [4.69, 9.17) is 9.47 Å². The van der Waals surface area contributed by atoms with E-state index in [0.29, 0.717) is 26.4 Å². The van der Waals surface area contributed by atoms with Crippen molar-refractivity contribution in [2.24, 2.45) is 0 Å². The van der Waals surface area contributed by atoms with Crippen molar-refractivity contribution in [3.63, 3.8) is 0 Å². The predicted molar refractivity (Wildman–Crippen MR) is 163 cm³/mol. The van der Waals surface area contributed by atoms with Gasteiger partial charge in [-0.3, -0.25) is 9.97 Å². The van der Waals surface area contributed by atoms with E-state index in [0.717, 1.165) is 35.4 Å². The summed E-state index contributed by atoms with van der Waals surface area (Å²) >= 11 is 0. The summed E-state index contributed by atoms with van der Waals surface area (Å²) in [6, 6.07) is 38.1. The van der Waals surface area contributed by atoms with Gasteiger partial charge in [0.1, 0.15) is 0 Å². The van der Waals surface area contributed by atoms with Crippen molar-refractivity contribution >= 4 is 21.5 Å². The number of hydrogen-bond donors (Lipinski definition) is 0. The Balaban J connectivity index is 0.951. The van der Waals surface area contributed by atoms with E-state index in [1.807, 2.05) is 12.4 Å². The first-order valence-corrected chi connectivity index (χ1v) is 13.9. The lowest BCUT2D eigenvalue weighted by Gasteiger charge is -2.10. The van der Waals surface area contributed by atoms with E-state index in [1.54, 1.807) is 0 Å². The molecule has 0 bridgehead atoms. The van der Waals surface area contributed by atoms with Gasteiger partial charge in [-0.25, -0.2) is 0 Å². The number of ether oxygens (including phenoxy) is 2. The zero-order valence-corrected chi connectivity index (χ0v) is 22.5. The molecule has 0 fully saturated rings. The van der Waals surface area contributed by atoms with Crippen molar-refractivity contribution in [3.8, 4) is 22.5 Å². The summed E-state index contributed by atoms with van der Waals surface area (Å²) in [4.78, 5) is 9.32. The van der Waals surface area contributed by atoms with Crippen LogP contribution in [0.3, 0.4) is 0 Å². The first kappa shape index (κ1) is 25.9. The summed E-state index contributed by atoms with van der Waals surface area (Å²) in [7, 11) is 0. The third-order valence-electron chi connectivity index (χ3n) is 7.19. The largest absolute Gasteiger partial charge is 0.379 e. The molecule has 0 N–H and O–H groups in total. The van der Waals surface area contributed by atoms with E-state index < -0.39 is 0 Å². The SMILES string of the molecule is c1cc(CCOCCOCCc2cccc(-c3nccc4ccccc34)c2)cc(-c2nccc3ccccc23)c1. The molecule has 4 aromatic carbocycles. The van der Waals surface area contributed by atoms with E-state index >= 15 is 0 Å². The summed E-state index contributed by atoms with van der Waals surface area (Å²) in [6.07, 6.45) is 5.47. The number of hydrogen-bond acceptors (Lipinski definition) is 4. The lowest BCUT2D eigenvalue weighted by Crippen LogP contribution is -2.08. The zero-order chi connectivity index (χ0) is 27.0. The lowest BCUT2D eigenvalue weighted by molar-refractivity contribution is 0.0501. The molecule has 2 aromatic heterocycles. The predicted octanol–water partition coefficient (Wildman–Crippen LogP) is 7.94. The van der Waals surface area contributed by atoms with Crippen LogP contribution in [0.25, 0.3) is 44.1 Å². The Morgan fingerprint density at radius 2 is 0.925 bits per heavy atom. The second kappa shape index (κ2) is 12.6. The molecule has 0 aliphatic heterocycles. The Morgan fingerprint density at radius 3 is 1.43 bits per heavy atom. The van der Waals surface area contributed by atoms with Gasteiger partial charge in [-0.15, -0.1) is 0 Å². The van der Waals surface area contributed by atoms with Crippen molar-refractivity contribution in [3.05, 3.63) is 133 Å². The smallest absolute Gasteiger partial charge is 0.0780 e. The Bertz CT molecular complexity index is 1590. The average Bonchev–Trinajstić information content (AvgIpc) is 3.02. The fourth-order valence-electron chi connectivity index (χ4n) is 5.15. The molecule has 0 spiro atoms. The van der Waals surface area contributed by atoms with Crippen LogP contribution in [0.2, 0.25) is 0 Å². The number of aromatic nitrogens is 2. The molecule has 0 aliphatic rings. The van der Waals surface area contributed by atoms with Gasteiger partial charge in [-0.1, -0.05) is 84.9 Å². The second-order valence-corrected chi connectivity index (χ2v) is 9.89. The minimum absolute atomic E-state index is 0.588. The highest BCUT2D eigenvalue weighted by molar-refractivity contribution is 5.95. The minimum atomic E-state index is 0.588. The van der Waals surface area contributed by atoms with Gasteiger partial charge in [0, 0.05) is 34.3 Å². The molecule has 0 atom stereocenters. The van der Waals surface area contributed by atoms with Crippen LogP contribution in [-0.4, -0.2) is 36.4 Å².